The fraction of sp³-hybridized carbons (Fsp3) is 0.235. The normalized spacial score (nSPS) is 10.9. The van der Waals surface area contributed by atoms with Gasteiger partial charge in [0, 0.05) is 29.3 Å². The number of aromatic nitrogens is 1. The smallest absolute Gasteiger partial charge is 0.214 e. The van der Waals surface area contributed by atoms with Gasteiger partial charge < -0.3 is 10.1 Å². The van der Waals surface area contributed by atoms with Crippen LogP contribution in [-0.4, -0.2) is 18.6 Å². The van der Waals surface area contributed by atoms with Crippen molar-refractivity contribution in [1.29, 1.82) is 0 Å². The number of benzene rings is 1. The van der Waals surface area contributed by atoms with Crippen LogP contribution in [0.5, 0.6) is 5.88 Å². The molecule has 0 bridgehead atoms. The van der Waals surface area contributed by atoms with Crippen molar-refractivity contribution >= 4 is 22.2 Å². The van der Waals surface area contributed by atoms with Crippen molar-refractivity contribution < 1.29 is 4.74 Å². The summed E-state index contributed by atoms with van der Waals surface area (Å²) in [5.41, 5.74) is 2.20. The summed E-state index contributed by atoms with van der Waals surface area (Å²) < 4.78 is 5.84. The summed E-state index contributed by atoms with van der Waals surface area (Å²) in [5, 5.41) is 6.47. The van der Waals surface area contributed by atoms with Crippen molar-refractivity contribution in [3.05, 3.63) is 58.3 Å². The maximum absolute atomic E-state index is 5.84. The first kappa shape index (κ1) is 14.0. The Balaban J connectivity index is 1.78. The number of fused-ring (bicyclic) bond motifs is 1. The minimum atomic E-state index is 0.658. The first-order chi connectivity index (χ1) is 10.4. The Hall–Kier alpha value is -1.91. The Bertz CT molecular complexity index is 710. The second-order valence-electron chi connectivity index (χ2n) is 4.84. The summed E-state index contributed by atoms with van der Waals surface area (Å²) in [6.45, 7) is 1.47. The quantitative estimate of drug-likeness (QED) is 0.754. The van der Waals surface area contributed by atoms with Gasteiger partial charge in [-0.05, 0) is 30.1 Å². The second-order valence-corrected chi connectivity index (χ2v) is 5.88. The first-order valence-electron chi connectivity index (χ1n) is 7.05. The van der Waals surface area contributed by atoms with Crippen molar-refractivity contribution in [2.75, 3.05) is 13.7 Å². The van der Waals surface area contributed by atoms with E-state index in [1.807, 2.05) is 31.3 Å². The van der Waals surface area contributed by atoms with Crippen LogP contribution in [-0.2, 0) is 13.0 Å². The van der Waals surface area contributed by atoms with Crippen LogP contribution >= 0.6 is 11.3 Å². The van der Waals surface area contributed by atoms with Crippen molar-refractivity contribution in [3.63, 3.8) is 0 Å². The Kier molecular flexibility index (Phi) is 4.48. The summed E-state index contributed by atoms with van der Waals surface area (Å²) in [7, 11) is 1.95. The van der Waals surface area contributed by atoms with Crippen LogP contribution in [0.15, 0.2) is 47.8 Å². The lowest BCUT2D eigenvalue weighted by atomic mass is 10.1. The van der Waals surface area contributed by atoms with Crippen molar-refractivity contribution in [2.24, 2.45) is 0 Å². The second kappa shape index (κ2) is 6.70. The third-order valence-corrected chi connectivity index (χ3v) is 4.26. The van der Waals surface area contributed by atoms with E-state index in [2.05, 4.69) is 33.9 Å². The predicted octanol–water partition coefficient (Wildman–Crippen LogP) is 3.64. The number of pyridine rings is 1. The standard InChI is InChI=1S/C17H18N2OS/c1-18-12-13-11-17(19-16-7-3-2-6-15(13)16)20-9-8-14-5-4-10-21-14/h2-7,10-11,18H,8-9,12H2,1H3. The van der Waals surface area contributed by atoms with Gasteiger partial charge in [-0.25, -0.2) is 4.98 Å². The molecule has 2 aromatic heterocycles. The molecule has 3 nitrogen and oxygen atoms in total. The topological polar surface area (TPSA) is 34.1 Å². The Labute approximate surface area is 128 Å². The Morgan fingerprint density at radius 3 is 2.90 bits per heavy atom. The fourth-order valence-corrected chi connectivity index (χ4v) is 3.03. The molecule has 0 saturated heterocycles. The molecule has 0 radical (unpaired) electrons. The van der Waals surface area contributed by atoms with E-state index in [9.17, 15) is 0 Å². The maximum Gasteiger partial charge on any atom is 0.214 e. The van der Waals surface area contributed by atoms with Gasteiger partial charge in [0.15, 0.2) is 0 Å². The molecule has 3 aromatic rings. The molecule has 4 heteroatoms. The van der Waals surface area contributed by atoms with Crippen LogP contribution in [0.1, 0.15) is 10.4 Å². The van der Waals surface area contributed by atoms with E-state index in [1.54, 1.807) is 11.3 Å². The molecule has 0 saturated carbocycles. The summed E-state index contributed by atoms with van der Waals surface area (Å²) in [6.07, 6.45) is 0.924. The molecule has 0 aliphatic rings. The number of nitrogens with zero attached hydrogens (tertiary/aromatic N) is 1. The largest absolute Gasteiger partial charge is 0.477 e. The fourth-order valence-electron chi connectivity index (χ4n) is 2.34. The van der Waals surface area contributed by atoms with Crippen molar-refractivity contribution in [3.8, 4) is 5.88 Å². The zero-order chi connectivity index (χ0) is 14.5. The van der Waals surface area contributed by atoms with Gasteiger partial charge >= 0.3 is 0 Å². The van der Waals surface area contributed by atoms with Gasteiger partial charge in [0.2, 0.25) is 5.88 Å². The van der Waals surface area contributed by atoms with E-state index >= 15 is 0 Å². The lowest BCUT2D eigenvalue weighted by molar-refractivity contribution is 0.311. The van der Waals surface area contributed by atoms with Gasteiger partial charge in [0.05, 0.1) is 12.1 Å². The summed E-state index contributed by atoms with van der Waals surface area (Å²) in [6, 6.07) is 14.4. The minimum Gasteiger partial charge on any atom is -0.477 e. The van der Waals surface area contributed by atoms with Crippen molar-refractivity contribution in [2.45, 2.75) is 13.0 Å². The van der Waals surface area contributed by atoms with E-state index in [0.29, 0.717) is 12.5 Å². The minimum absolute atomic E-state index is 0.658. The summed E-state index contributed by atoms with van der Waals surface area (Å²) in [5.74, 6) is 0.704. The zero-order valence-corrected chi connectivity index (χ0v) is 12.8. The van der Waals surface area contributed by atoms with E-state index in [-0.39, 0.29) is 0 Å². The third-order valence-electron chi connectivity index (χ3n) is 3.32. The van der Waals surface area contributed by atoms with E-state index in [1.165, 1.54) is 15.8 Å². The molecule has 0 amide bonds. The van der Waals surface area contributed by atoms with E-state index in [4.69, 9.17) is 4.74 Å². The number of ether oxygens (including phenoxy) is 1. The highest BCUT2D eigenvalue weighted by Gasteiger charge is 2.06. The first-order valence-corrected chi connectivity index (χ1v) is 7.93. The molecule has 2 heterocycles. The number of hydrogen-bond acceptors (Lipinski definition) is 4. The van der Waals surface area contributed by atoms with Crippen LogP contribution in [0, 0.1) is 0 Å². The van der Waals surface area contributed by atoms with Crippen LogP contribution < -0.4 is 10.1 Å². The number of hydrogen-bond donors (Lipinski definition) is 1. The molecule has 0 aliphatic heterocycles. The van der Waals surface area contributed by atoms with Gasteiger partial charge in [0.1, 0.15) is 0 Å². The third kappa shape index (κ3) is 3.40. The van der Waals surface area contributed by atoms with Crippen LogP contribution in [0.3, 0.4) is 0 Å². The summed E-state index contributed by atoms with van der Waals surface area (Å²) in [4.78, 5) is 5.93. The molecule has 0 atom stereocenters. The van der Waals surface area contributed by atoms with Gasteiger partial charge in [-0.2, -0.15) is 0 Å². The molecule has 1 aromatic carbocycles. The van der Waals surface area contributed by atoms with Crippen LogP contribution in [0.2, 0.25) is 0 Å². The molecular weight excluding hydrogens is 280 g/mol. The molecule has 1 N–H and O–H groups in total. The molecular formula is C17H18N2OS. The number of rotatable bonds is 6. The average Bonchev–Trinajstić information content (AvgIpc) is 3.01. The van der Waals surface area contributed by atoms with Gasteiger partial charge in [-0.15, -0.1) is 11.3 Å². The molecule has 0 unspecified atom stereocenters. The van der Waals surface area contributed by atoms with Crippen molar-refractivity contribution in [1.82, 2.24) is 10.3 Å². The van der Waals surface area contributed by atoms with E-state index in [0.717, 1.165) is 18.5 Å². The molecule has 3 rings (SSSR count). The van der Waals surface area contributed by atoms with E-state index < -0.39 is 0 Å². The molecule has 0 fully saturated rings. The lowest BCUT2D eigenvalue weighted by Crippen LogP contribution is -2.08. The zero-order valence-electron chi connectivity index (χ0n) is 12.0. The number of para-hydroxylation sites is 1. The van der Waals surface area contributed by atoms with Gasteiger partial charge in [-0.3, -0.25) is 0 Å². The van der Waals surface area contributed by atoms with Gasteiger partial charge in [-0.1, -0.05) is 24.3 Å². The summed E-state index contributed by atoms with van der Waals surface area (Å²) >= 11 is 1.76. The Morgan fingerprint density at radius 2 is 2.10 bits per heavy atom. The SMILES string of the molecule is CNCc1cc(OCCc2cccs2)nc2ccccc12. The number of thiophene rings is 1. The highest BCUT2D eigenvalue weighted by atomic mass is 32.1. The number of nitrogens with one attached hydrogen (secondary N) is 1. The molecule has 0 aliphatic carbocycles. The molecule has 21 heavy (non-hydrogen) atoms. The van der Waals surface area contributed by atoms with Crippen LogP contribution in [0.25, 0.3) is 10.9 Å². The average molecular weight is 298 g/mol. The predicted molar refractivity (Wildman–Crippen MR) is 88.0 cm³/mol. The highest BCUT2D eigenvalue weighted by molar-refractivity contribution is 7.09. The molecule has 108 valence electrons. The maximum atomic E-state index is 5.84. The van der Waals surface area contributed by atoms with Gasteiger partial charge in [0.25, 0.3) is 0 Å². The van der Waals surface area contributed by atoms with Crippen LogP contribution in [0.4, 0.5) is 0 Å². The lowest BCUT2D eigenvalue weighted by Gasteiger charge is -2.10. The highest BCUT2D eigenvalue weighted by Crippen LogP contribution is 2.22. The Morgan fingerprint density at radius 1 is 1.19 bits per heavy atom. The monoisotopic (exact) mass is 298 g/mol. The molecule has 0 spiro atoms.